The zero-order valence-corrected chi connectivity index (χ0v) is 16.5. The molecule has 0 saturated carbocycles. The molecule has 0 aliphatic rings. The van der Waals surface area contributed by atoms with Gasteiger partial charge in [0.15, 0.2) is 5.16 Å². The SMILES string of the molecule is COc1cccc(CSc2nc3cc(C)[nH]c3c(=O)n2CCC(C)C)c1. The summed E-state index contributed by atoms with van der Waals surface area (Å²) in [7, 11) is 1.67. The number of fused-ring (bicyclic) bond motifs is 1. The van der Waals surface area contributed by atoms with Gasteiger partial charge in [0, 0.05) is 18.0 Å². The monoisotopic (exact) mass is 371 g/mol. The van der Waals surface area contributed by atoms with Gasteiger partial charge in [-0.1, -0.05) is 37.7 Å². The molecule has 0 aliphatic heterocycles. The van der Waals surface area contributed by atoms with E-state index in [4.69, 9.17) is 9.72 Å². The molecule has 1 aromatic carbocycles. The molecule has 6 heteroatoms. The van der Waals surface area contributed by atoms with Crippen LogP contribution in [0.15, 0.2) is 40.3 Å². The lowest BCUT2D eigenvalue weighted by molar-refractivity contribution is 0.414. The van der Waals surface area contributed by atoms with Crippen LogP contribution in [0.25, 0.3) is 11.0 Å². The Morgan fingerprint density at radius 1 is 1.31 bits per heavy atom. The molecule has 0 aliphatic carbocycles. The van der Waals surface area contributed by atoms with Gasteiger partial charge >= 0.3 is 0 Å². The summed E-state index contributed by atoms with van der Waals surface area (Å²) < 4.78 is 7.10. The van der Waals surface area contributed by atoms with Gasteiger partial charge in [-0.15, -0.1) is 0 Å². The first-order valence-electron chi connectivity index (χ1n) is 8.84. The molecule has 26 heavy (non-hydrogen) atoms. The standard InChI is InChI=1S/C20H25N3O2S/c1-13(2)8-9-23-19(24)18-17(10-14(3)21-18)22-20(23)26-12-15-6-5-7-16(11-15)25-4/h5-7,10-11,13,21H,8-9,12H2,1-4H3. The topological polar surface area (TPSA) is 59.9 Å². The Morgan fingerprint density at radius 3 is 2.85 bits per heavy atom. The number of rotatable bonds is 7. The quantitative estimate of drug-likeness (QED) is 0.495. The van der Waals surface area contributed by atoms with E-state index in [1.807, 2.05) is 35.8 Å². The van der Waals surface area contributed by atoms with Crippen molar-refractivity contribution in [2.75, 3.05) is 7.11 Å². The maximum absolute atomic E-state index is 12.9. The van der Waals surface area contributed by atoms with Gasteiger partial charge in [-0.25, -0.2) is 4.98 Å². The lowest BCUT2D eigenvalue weighted by atomic mass is 10.1. The summed E-state index contributed by atoms with van der Waals surface area (Å²) in [4.78, 5) is 20.9. The fourth-order valence-electron chi connectivity index (χ4n) is 2.82. The molecule has 0 fully saturated rings. The Kier molecular flexibility index (Phi) is 5.71. The Hall–Kier alpha value is -2.21. The zero-order chi connectivity index (χ0) is 18.7. The highest BCUT2D eigenvalue weighted by molar-refractivity contribution is 7.98. The molecule has 3 aromatic rings. The third kappa shape index (κ3) is 4.12. The smallest absolute Gasteiger partial charge is 0.278 e. The van der Waals surface area contributed by atoms with Crippen molar-refractivity contribution in [1.29, 1.82) is 0 Å². The van der Waals surface area contributed by atoms with Crippen LogP contribution in [0.5, 0.6) is 5.75 Å². The highest BCUT2D eigenvalue weighted by Crippen LogP contribution is 2.24. The number of aromatic amines is 1. The Bertz CT molecular complexity index is 959. The van der Waals surface area contributed by atoms with E-state index in [2.05, 4.69) is 24.9 Å². The number of nitrogens with zero attached hydrogens (tertiary/aromatic N) is 2. The van der Waals surface area contributed by atoms with E-state index in [-0.39, 0.29) is 5.56 Å². The summed E-state index contributed by atoms with van der Waals surface area (Å²) >= 11 is 1.59. The summed E-state index contributed by atoms with van der Waals surface area (Å²) in [6.45, 7) is 6.96. The van der Waals surface area contributed by atoms with E-state index in [1.165, 1.54) is 0 Å². The van der Waals surface area contributed by atoms with Crippen LogP contribution < -0.4 is 10.3 Å². The van der Waals surface area contributed by atoms with Crippen LogP contribution in [0.4, 0.5) is 0 Å². The van der Waals surface area contributed by atoms with Gasteiger partial charge in [0.05, 0.1) is 12.6 Å². The number of ether oxygens (including phenoxy) is 1. The van der Waals surface area contributed by atoms with Crippen LogP contribution >= 0.6 is 11.8 Å². The average molecular weight is 372 g/mol. The molecular weight excluding hydrogens is 346 g/mol. The molecule has 138 valence electrons. The number of hydrogen-bond acceptors (Lipinski definition) is 4. The predicted octanol–water partition coefficient (Wildman–Crippen LogP) is 4.38. The largest absolute Gasteiger partial charge is 0.497 e. The molecule has 0 spiro atoms. The highest BCUT2D eigenvalue weighted by atomic mass is 32.2. The average Bonchev–Trinajstić information content (AvgIpc) is 3.00. The number of hydrogen-bond donors (Lipinski definition) is 1. The molecule has 2 heterocycles. The van der Waals surface area contributed by atoms with Gasteiger partial charge in [0.25, 0.3) is 5.56 Å². The van der Waals surface area contributed by atoms with Crippen LogP contribution in [0.2, 0.25) is 0 Å². The van der Waals surface area contributed by atoms with Crippen molar-refractivity contribution < 1.29 is 4.74 Å². The molecule has 0 unspecified atom stereocenters. The Labute approximate surface area is 157 Å². The van der Waals surface area contributed by atoms with Gasteiger partial charge in [-0.05, 0) is 43.0 Å². The van der Waals surface area contributed by atoms with Gasteiger partial charge < -0.3 is 9.72 Å². The molecule has 0 bridgehead atoms. The normalized spacial score (nSPS) is 11.4. The molecule has 2 aromatic heterocycles. The molecule has 0 saturated heterocycles. The van der Waals surface area contributed by atoms with Gasteiger partial charge in [-0.2, -0.15) is 0 Å². The van der Waals surface area contributed by atoms with E-state index >= 15 is 0 Å². The fraction of sp³-hybridized carbons (Fsp3) is 0.400. The molecule has 0 atom stereocenters. The minimum Gasteiger partial charge on any atom is -0.497 e. The summed E-state index contributed by atoms with van der Waals surface area (Å²) in [5, 5.41) is 0.768. The van der Waals surface area contributed by atoms with Crippen molar-refractivity contribution in [3.8, 4) is 5.75 Å². The number of aryl methyl sites for hydroxylation is 1. The van der Waals surface area contributed by atoms with E-state index in [1.54, 1.807) is 18.9 Å². The maximum Gasteiger partial charge on any atom is 0.278 e. The molecule has 5 nitrogen and oxygen atoms in total. The highest BCUT2D eigenvalue weighted by Gasteiger charge is 2.14. The summed E-state index contributed by atoms with van der Waals surface area (Å²) in [6, 6.07) is 9.92. The van der Waals surface area contributed by atoms with E-state index in [9.17, 15) is 4.79 Å². The fourth-order valence-corrected chi connectivity index (χ4v) is 3.78. The van der Waals surface area contributed by atoms with Gasteiger partial charge in [0.1, 0.15) is 11.3 Å². The van der Waals surface area contributed by atoms with Crippen LogP contribution in [0, 0.1) is 12.8 Å². The molecule has 3 rings (SSSR count). The summed E-state index contributed by atoms with van der Waals surface area (Å²) in [6.07, 6.45) is 0.944. The Balaban J connectivity index is 1.93. The first kappa shape index (κ1) is 18.6. The van der Waals surface area contributed by atoms with Crippen molar-refractivity contribution in [1.82, 2.24) is 14.5 Å². The molecule has 1 N–H and O–H groups in total. The van der Waals surface area contributed by atoms with Crippen LogP contribution in [-0.2, 0) is 12.3 Å². The molecular formula is C20H25N3O2S. The van der Waals surface area contributed by atoms with Crippen LogP contribution in [0.3, 0.4) is 0 Å². The van der Waals surface area contributed by atoms with Gasteiger partial charge in [0.2, 0.25) is 0 Å². The number of methoxy groups -OCH3 is 1. The second-order valence-corrected chi connectivity index (χ2v) is 7.83. The van der Waals surface area contributed by atoms with E-state index in [0.717, 1.165) is 39.9 Å². The van der Waals surface area contributed by atoms with Crippen molar-refractivity contribution in [3.63, 3.8) is 0 Å². The molecule has 0 amide bonds. The van der Waals surface area contributed by atoms with Crippen molar-refractivity contribution in [3.05, 3.63) is 51.9 Å². The minimum atomic E-state index is 0.0110. The maximum atomic E-state index is 12.9. The molecule has 0 radical (unpaired) electrons. The van der Waals surface area contributed by atoms with Crippen molar-refractivity contribution in [2.45, 2.75) is 44.6 Å². The lowest BCUT2D eigenvalue weighted by Crippen LogP contribution is -2.24. The number of thioether (sulfide) groups is 1. The van der Waals surface area contributed by atoms with Gasteiger partial charge in [-0.3, -0.25) is 9.36 Å². The first-order chi connectivity index (χ1) is 12.5. The zero-order valence-electron chi connectivity index (χ0n) is 15.7. The van der Waals surface area contributed by atoms with Crippen LogP contribution in [-0.4, -0.2) is 21.6 Å². The van der Waals surface area contributed by atoms with E-state index < -0.39 is 0 Å². The number of nitrogens with one attached hydrogen (secondary N) is 1. The lowest BCUT2D eigenvalue weighted by Gasteiger charge is -2.13. The summed E-state index contributed by atoms with van der Waals surface area (Å²) in [5.74, 6) is 2.10. The minimum absolute atomic E-state index is 0.0110. The Morgan fingerprint density at radius 2 is 2.12 bits per heavy atom. The first-order valence-corrected chi connectivity index (χ1v) is 9.82. The second-order valence-electron chi connectivity index (χ2n) is 6.89. The third-order valence-corrected chi connectivity index (χ3v) is 5.32. The second kappa shape index (κ2) is 7.99. The third-order valence-electron chi connectivity index (χ3n) is 4.27. The predicted molar refractivity (Wildman–Crippen MR) is 107 cm³/mol. The summed E-state index contributed by atoms with van der Waals surface area (Å²) in [5.41, 5.74) is 3.44. The van der Waals surface area contributed by atoms with Crippen molar-refractivity contribution in [2.24, 2.45) is 5.92 Å². The number of H-pyrrole nitrogens is 1. The van der Waals surface area contributed by atoms with E-state index in [0.29, 0.717) is 18.0 Å². The van der Waals surface area contributed by atoms with Crippen LogP contribution in [0.1, 0.15) is 31.5 Å². The number of benzene rings is 1. The van der Waals surface area contributed by atoms with Crippen molar-refractivity contribution >= 4 is 22.8 Å². The number of aromatic nitrogens is 3.